The molecule has 0 spiro atoms. The molecule has 3 amide bonds. The average Bonchev–Trinajstić information content (AvgIpc) is 2.35. The third-order valence-electron chi connectivity index (χ3n) is 2.91. The lowest BCUT2D eigenvalue weighted by Gasteiger charge is -2.23. The lowest BCUT2D eigenvalue weighted by molar-refractivity contribution is -0.122. The van der Waals surface area contributed by atoms with Gasteiger partial charge in [0.25, 0.3) is 0 Å². The Morgan fingerprint density at radius 3 is 2.67 bits per heavy atom. The Morgan fingerprint density at radius 1 is 1.33 bits per heavy atom. The number of carbonyl (C=O) groups excluding carboxylic acids is 2. The van der Waals surface area contributed by atoms with Gasteiger partial charge in [-0.25, -0.2) is 4.79 Å². The molecule has 2 rings (SSSR count). The minimum Gasteiger partial charge on any atom is -0.354 e. The van der Waals surface area contributed by atoms with Crippen LogP contribution in [-0.2, 0) is 4.79 Å². The highest BCUT2D eigenvalue weighted by atomic mass is 16.2. The summed E-state index contributed by atoms with van der Waals surface area (Å²) < 4.78 is 0. The van der Waals surface area contributed by atoms with Crippen molar-refractivity contribution in [2.45, 2.75) is 25.8 Å². The van der Waals surface area contributed by atoms with Crippen molar-refractivity contribution in [2.24, 2.45) is 0 Å². The maximum Gasteiger partial charge on any atom is 0.319 e. The highest BCUT2D eigenvalue weighted by Gasteiger charge is 2.19. The number of urea groups is 1. The van der Waals surface area contributed by atoms with E-state index in [9.17, 15) is 9.59 Å². The number of anilines is 1. The number of benzene rings is 1. The Morgan fingerprint density at radius 2 is 2.06 bits per heavy atom. The lowest BCUT2D eigenvalue weighted by atomic mass is 10.1. The maximum atomic E-state index is 11.7. The van der Waals surface area contributed by atoms with Crippen LogP contribution in [0.25, 0.3) is 0 Å². The first-order chi connectivity index (χ1) is 8.63. The van der Waals surface area contributed by atoms with Crippen molar-refractivity contribution < 1.29 is 9.59 Å². The molecular weight excluding hydrogens is 230 g/mol. The molecule has 1 aliphatic heterocycles. The molecule has 96 valence electrons. The van der Waals surface area contributed by atoms with Crippen molar-refractivity contribution in [1.29, 1.82) is 0 Å². The second-order valence-corrected chi connectivity index (χ2v) is 4.50. The van der Waals surface area contributed by atoms with Gasteiger partial charge in [0.2, 0.25) is 5.91 Å². The van der Waals surface area contributed by atoms with Crippen LogP contribution in [0.2, 0.25) is 0 Å². The molecule has 0 bridgehead atoms. The van der Waals surface area contributed by atoms with Gasteiger partial charge in [-0.15, -0.1) is 0 Å². The lowest BCUT2D eigenvalue weighted by Crippen LogP contribution is -2.48. The number of aryl methyl sites for hydroxylation is 1. The van der Waals surface area contributed by atoms with E-state index in [-0.39, 0.29) is 18.0 Å². The van der Waals surface area contributed by atoms with Gasteiger partial charge in [-0.05, 0) is 25.5 Å². The molecule has 1 aromatic carbocycles. The second kappa shape index (κ2) is 5.53. The predicted molar refractivity (Wildman–Crippen MR) is 69.4 cm³/mol. The first kappa shape index (κ1) is 12.4. The maximum absolute atomic E-state index is 11.7. The molecule has 5 heteroatoms. The van der Waals surface area contributed by atoms with Gasteiger partial charge in [0.1, 0.15) is 0 Å². The van der Waals surface area contributed by atoms with Crippen molar-refractivity contribution in [2.75, 3.05) is 11.9 Å². The Kier molecular flexibility index (Phi) is 3.82. The third-order valence-corrected chi connectivity index (χ3v) is 2.91. The number of nitrogens with one attached hydrogen (secondary N) is 3. The molecule has 1 heterocycles. The number of hydrogen-bond acceptors (Lipinski definition) is 2. The Balaban J connectivity index is 1.81. The highest BCUT2D eigenvalue weighted by molar-refractivity contribution is 5.89. The molecule has 18 heavy (non-hydrogen) atoms. The quantitative estimate of drug-likeness (QED) is 0.739. The summed E-state index contributed by atoms with van der Waals surface area (Å²) in [6.45, 7) is 2.49. The summed E-state index contributed by atoms with van der Waals surface area (Å²) >= 11 is 0. The summed E-state index contributed by atoms with van der Waals surface area (Å²) in [5, 5.41) is 8.33. The minimum absolute atomic E-state index is 0.00754. The van der Waals surface area contributed by atoms with Crippen LogP contribution in [0.15, 0.2) is 24.3 Å². The van der Waals surface area contributed by atoms with Gasteiger partial charge in [0, 0.05) is 24.7 Å². The standard InChI is InChI=1S/C13H17N3O2/c1-9-2-4-10(5-3-9)15-13(18)16-11-6-7-12(17)14-8-11/h2-5,11H,6-8H2,1H3,(H,14,17)(H2,15,16,18). The van der Waals surface area contributed by atoms with Gasteiger partial charge in [0.15, 0.2) is 0 Å². The summed E-state index contributed by atoms with van der Waals surface area (Å²) in [7, 11) is 0. The van der Waals surface area contributed by atoms with Crippen molar-refractivity contribution >= 4 is 17.6 Å². The first-order valence-corrected chi connectivity index (χ1v) is 6.04. The molecule has 5 nitrogen and oxygen atoms in total. The molecule has 0 radical (unpaired) electrons. The molecule has 1 aliphatic rings. The summed E-state index contributed by atoms with van der Waals surface area (Å²) in [4.78, 5) is 22.7. The summed E-state index contributed by atoms with van der Waals surface area (Å²) in [5.41, 5.74) is 1.91. The van der Waals surface area contributed by atoms with E-state index in [4.69, 9.17) is 0 Å². The summed E-state index contributed by atoms with van der Waals surface area (Å²) in [6.07, 6.45) is 1.16. The second-order valence-electron chi connectivity index (χ2n) is 4.50. The Hall–Kier alpha value is -2.04. The molecule has 1 saturated heterocycles. The van der Waals surface area contributed by atoms with E-state index in [0.29, 0.717) is 19.4 Å². The predicted octanol–water partition coefficient (Wildman–Crippen LogP) is 1.40. The van der Waals surface area contributed by atoms with E-state index in [2.05, 4.69) is 16.0 Å². The van der Waals surface area contributed by atoms with Crippen LogP contribution in [0.1, 0.15) is 18.4 Å². The SMILES string of the molecule is Cc1ccc(NC(=O)NC2CCC(=O)NC2)cc1. The fourth-order valence-electron chi connectivity index (χ4n) is 1.85. The van der Waals surface area contributed by atoms with E-state index in [1.807, 2.05) is 31.2 Å². The smallest absolute Gasteiger partial charge is 0.319 e. The number of rotatable bonds is 2. The number of piperidine rings is 1. The molecular formula is C13H17N3O2. The van der Waals surface area contributed by atoms with E-state index >= 15 is 0 Å². The number of amides is 3. The van der Waals surface area contributed by atoms with Crippen molar-refractivity contribution in [3.8, 4) is 0 Å². The van der Waals surface area contributed by atoms with E-state index in [1.54, 1.807) is 0 Å². The van der Waals surface area contributed by atoms with Gasteiger partial charge in [-0.3, -0.25) is 4.79 Å². The van der Waals surface area contributed by atoms with Crippen LogP contribution in [0.5, 0.6) is 0 Å². The first-order valence-electron chi connectivity index (χ1n) is 6.04. The van der Waals surface area contributed by atoms with Gasteiger partial charge < -0.3 is 16.0 Å². The third kappa shape index (κ3) is 3.48. The van der Waals surface area contributed by atoms with Gasteiger partial charge in [-0.1, -0.05) is 17.7 Å². The largest absolute Gasteiger partial charge is 0.354 e. The Labute approximate surface area is 106 Å². The van der Waals surface area contributed by atoms with E-state index in [1.165, 1.54) is 0 Å². The van der Waals surface area contributed by atoms with Gasteiger partial charge in [0.05, 0.1) is 0 Å². The fourth-order valence-corrected chi connectivity index (χ4v) is 1.85. The molecule has 3 N–H and O–H groups in total. The summed E-state index contributed by atoms with van der Waals surface area (Å²) in [6, 6.07) is 7.37. The minimum atomic E-state index is -0.236. The molecule has 1 atom stereocenters. The van der Waals surface area contributed by atoms with Crippen LogP contribution in [-0.4, -0.2) is 24.5 Å². The van der Waals surface area contributed by atoms with Gasteiger partial charge in [-0.2, -0.15) is 0 Å². The molecule has 0 saturated carbocycles. The topological polar surface area (TPSA) is 70.2 Å². The van der Waals surface area contributed by atoms with Crippen LogP contribution in [0, 0.1) is 6.92 Å². The average molecular weight is 247 g/mol. The van der Waals surface area contributed by atoms with Crippen LogP contribution >= 0.6 is 0 Å². The van der Waals surface area contributed by atoms with E-state index in [0.717, 1.165) is 11.3 Å². The van der Waals surface area contributed by atoms with Crippen LogP contribution in [0.3, 0.4) is 0 Å². The van der Waals surface area contributed by atoms with Crippen molar-refractivity contribution in [1.82, 2.24) is 10.6 Å². The molecule has 0 aliphatic carbocycles. The number of hydrogen-bond donors (Lipinski definition) is 3. The molecule has 1 aromatic rings. The van der Waals surface area contributed by atoms with Crippen molar-refractivity contribution in [3.63, 3.8) is 0 Å². The zero-order valence-electron chi connectivity index (χ0n) is 10.3. The van der Waals surface area contributed by atoms with Crippen molar-refractivity contribution in [3.05, 3.63) is 29.8 Å². The molecule has 1 fully saturated rings. The zero-order chi connectivity index (χ0) is 13.0. The normalized spacial score (nSPS) is 18.9. The monoisotopic (exact) mass is 247 g/mol. The van der Waals surface area contributed by atoms with Gasteiger partial charge >= 0.3 is 6.03 Å². The van der Waals surface area contributed by atoms with Crippen LogP contribution in [0.4, 0.5) is 10.5 Å². The molecule has 0 aromatic heterocycles. The number of carbonyl (C=O) groups is 2. The zero-order valence-corrected chi connectivity index (χ0v) is 10.3. The Bertz CT molecular complexity index is 432. The summed E-state index contributed by atoms with van der Waals surface area (Å²) in [5.74, 6) is 0.0481. The molecule has 1 unspecified atom stereocenters. The van der Waals surface area contributed by atoms with E-state index < -0.39 is 0 Å². The van der Waals surface area contributed by atoms with Crippen LogP contribution < -0.4 is 16.0 Å². The fraction of sp³-hybridized carbons (Fsp3) is 0.385. The highest BCUT2D eigenvalue weighted by Crippen LogP contribution is 2.09.